The molecule has 2 aliphatic heterocycles. The Morgan fingerprint density at radius 1 is 1.28 bits per heavy atom. The van der Waals surface area contributed by atoms with Gasteiger partial charge in [0.05, 0.1) is 0 Å². The van der Waals surface area contributed by atoms with Gasteiger partial charge in [0.15, 0.2) is 0 Å². The van der Waals surface area contributed by atoms with E-state index in [0.717, 1.165) is 38.0 Å². The van der Waals surface area contributed by atoms with Gasteiger partial charge >= 0.3 is 13.1 Å². The average molecular weight is 401 g/mol. The van der Waals surface area contributed by atoms with E-state index in [1.54, 1.807) is 12.1 Å². The van der Waals surface area contributed by atoms with Crippen LogP contribution in [0.1, 0.15) is 67.8 Å². The van der Waals surface area contributed by atoms with Crippen LogP contribution >= 0.6 is 0 Å². The second-order valence-electron chi connectivity index (χ2n) is 8.15. The molecule has 0 aliphatic carbocycles. The monoisotopic (exact) mass is 401 g/mol. The first kappa shape index (κ1) is 21.8. The van der Waals surface area contributed by atoms with Gasteiger partial charge in [-0.2, -0.15) is 0 Å². The quantitative estimate of drug-likeness (QED) is 0.506. The van der Waals surface area contributed by atoms with Crippen molar-refractivity contribution in [3.05, 3.63) is 29.3 Å². The number of nitrogens with zero attached hydrogens (tertiary/aromatic N) is 1. The van der Waals surface area contributed by atoms with Crippen LogP contribution in [-0.2, 0) is 16.0 Å². The Morgan fingerprint density at radius 2 is 2.07 bits per heavy atom. The first-order chi connectivity index (χ1) is 14.1. The van der Waals surface area contributed by atoms with E-state index >= 15 is 0 Å². The van der Waals surface area contributed by atoms with Gasteiger partial charge < -0.3 is 14.4 Å². The third kappa shape index (κ3) is 6.06. The van der Waals surface area contributed by atoms with Gasteiger partial charge in [-0.3, -0.25) is 9.69 Å². The van der Waals surface area contributed by atoms with E-state index in [4.69, 9.17) is 9.39 Å². The molecule has 158 valence electrons. The van der Waals surface area contributed by atoms with E-state index in [2.05, 4.69) is 11.8 Å². The number of fused-ring (bicyclic) bond motifs is 1. The smallest absolute Gasteiger partial charge is 0.526 e. The minimum absolute atomic E-state index is 0.149. The van der Waals surface area contributed by atoms with Crippen LogP contribution in [0.25, 0.3) is 0 Å². The van der Waals surface area contributed by atoms with Crippen LogP contribution < -0.4 is 4.65 Å². The van der Waals surface area contributed by atoms with Crippen molar-refractivity contribution in [3.8, 4) is 5.75 Å². The van der Waals surface area contributed by atoms with Gasteiger partial charge in [0.2, 0.25) is 0 Å². The van der Waals surface area contributed by atoms with Crippen LogP contribution in [0.15, 0.2) is 18.2 Å². The van der Waals surface area contributed by atoms with Crippen molar-refractivity contribution < 1.29 is 24.0 Å². The Bertz CT molecular complexity index is 704. The molecule has 0 spiro atoms. The van der Waals surface area contributed by atoms with Crippen molar-refractivity contribution in [2.45, 2.75) is 64.1 Å². The normalized spacial score (nSPS) is 19.4. The topological polar surface area (TPSA) is 76.1 Å². The SMILES string of the molecule is CCCCC(=O)C[C@H]1Cc2cccc(C(=O)OCCN3CCCCC3)c2OB1O. The molecule has 1 atom stereocenters. The van der Waals surface area contributed by atoms with Gasteiger partial charge in [-0.15, -0.1) is 0 Å². The predicted molar refractivity (Wildman–Crippen MR) is 112 cm³/mol. The Hall–Kier alpha value is -1.86. The summed E-state index contributed by atoms with van der Waals surface area (Å²) >= 11 is 0. The lowest BCUT2D eigenvalue weighted by Gasteiger charge is -2.28. The number of hydrogen-bond acceptors (Lipinski definition) is 6. The van der Waals surface area contributed by atoms with Crippen molar-refractivity contribution >= 4 is 18.9 Å². The van der Waals surface area contributed by atoms with E-state index in [1.165, 1.54) is 19.3 Å². The number of rotatable bonds is 9. The van der Waals surface area contributed by atoms with Crippen LogP contribution in [0.5, 0.6) is 5.75 Å². The molecule has 6 nitrogen and oxygen atoms in total. The molecule has 0 radical (unpaired) electrons. The fraction of sp³-hybridized carbons (Fsp3) is 0.636. The van der Waals surface area contributed by atoms with E-state index in [9.17, 15) is 14.6 Å². The summed E-state index contributed by atoms with van der Waals surface area (Å²) < 4.78 is 11.2. The summed E-state index contributed by atoms with van der Waals surface area (Å²) in [6.07, 6.45) is 6.87. The van der Waals surface area contributed by atoms with E-state index in [1.807, 2.05) is 6.07 Å². The van der Waals surface area contributed by atoms with Gasteiger partial charge in [-0.05, 0) is 50.4 Å². The first-order valence-corrected chi connectivity index (χ1v) is 11.0. The Morgan fingerprint density at radius 3 is 2.83 bits per heavy atom. The molecule has 0 amide bonds. The van der Waals surface area contributed by atoms with Gasteiger partial charge in [-0.25, -0.2) is 4.79 Å². The first-order valence-electron chi connectivity index (χ1n) is 11.0. The van der Waals surface area contributed by atoms with Crippen molar-refractivity contribution in [1.29, 1.82) is 0 Å². The second kappa shape index (κ2) is 10.8. The molecule has 29 heavy (non-hydrogen) atoms. The molecule has 1 N–H and O–H groups in total. The fourth-order valence-electron chi connectivity index (χ4n) is 4.12. The summed E-state index contributed by atoms with van der Waals surface area (Å²) in [5, 5.41) is 10.4. The molecule has 3 rings (SSSR count). The number of benzene rings is 1. The lowest BCUT2D eigenvalue weighted by atomic mass is 9.64. The Balaban J connectivity index is 1.58. The van der Waals surface area contributed by atoms with E-state index in [-0.39, 0.29) is 11.6 Å². The highest BCUT2D eigenvalue weighted by atomic mass is 16.5. The van der Waals surface area contributed by atoms with Gasteiger partial charge in [0.25, 0.3) is 0 Å². The zero-order valence-corrected chi connectivity index (χ0v) is 17.4. The summed E-state index contributed by atoms with van der Waals surface area (Å²) in [6.45, 7) is 5.26. The van der Waals surface area contributed by atoms with Crippen LogP contribution in [0, 0.1) is 0 Å². The minimum atomic E-state index is -1.09. The molecule has 1 saturated heterocycles. The maximum Gasteiger partial charge on any atom is 0.526 e. The maximum absolute atomic E-state index is 12.6. The lowest BCUT2D eigenvalue weighted by molar-refractivity contribution is -0.119. The number of carbonyl (C=O) groups is 2. The number of hydrogen-bond donors (Lipinski definition) is 1. The van der Waals surface area contributed by atoms with Crippen molar-refractivity contribution in [2.24, 2.45) is 0 Å². The molecule has 1 fully saturated rings. The highest BCUT2D eigenvalue weighted by Gasteiger charge is 2.37. The summed E-state index contributed by atoms with van der Waals surface area (Å²) in [4.78, 5) is 27.0. The molecular formula is C22H32BNO5. The third-order valence-electron chi connectivity index (χ3n) is 5.83. The largest absolute Gasteiger partial charge is 0.535 e. The van der Waals surface area contributed by atoms with Crippen LogP contribution in [0.2, 0.25) is 5.82 Å². The number of piperidine rings is 1. The second-order valence-corrected chi connectivity index (χ2v) is 8.15. The summed E-state index contributed by atoms with van der Waals surface area (Å²) in [6, 6.07) is 5.35. The number of unbranched alkanes of at least 4 members (excludes halogenated alkanes) is 1. The van der Waals surface area contributed by atoms with E-state index in [0.29, 0.717) is 37.2 Å². The Kier molecular flexibility index (Phi) is 8.13. The maximum atomic E-state index is 12.6. The number of Topliss-reactive ketones (excluding diaryl/α,β-unsaturated/α-hetero) is 1. The van der Waals surface area contributed by atoms with Crippen LogP contribution in [0.3, 0.4) is 0 Å². The standard InChI is InChI=1S/C22H32BNO5/c1-2-3-9-19(25)16-18-15-17-8-7-10-20(21(17)29-23(18)27)22(26)28-14-13-24-11-5-4-6-12-24/h7-8,10,18,27H,2-6,9,11-16H2,1H3/t18-/m1/s1. The van der Waals surface area contributed by atoms with Crippen molar-refractivity contribution in [3.63, 3.8) is 0 Å². The number of para-hydroxylation sites is 1. The zero-order chi connectivity index (χ0) is 20.6. The fourth-order valence-corrected chi connectivity index (χ4v) is 4.12. The van der Waals surface area contributed by atoms with Gasteiger partial charge in [-0.1, -0.05) is 31.9 Å². The van der Waals surface area contributed by atoms with Crippen molar-refractivity contribution in [2.75, 3.05) is 26.2 Å². The van der Waals surface area contributed by atoms with Crippen molar-refractivity contribution in [1.82, 2.24) is 4.90 Å². The van der Waals surface area contributed by atoms with Crippen LogP contribution in [0.4, 0.5) is 0 Å². The predicted octanol–water partition coefficient (Wildman–Crippen LogP) is 3.26. The average Bonchev–Trinajstić information content (AvgIpc) is 2.73. The minimum Gasteiger partial charge on any atom is -0.535 e. The molecular weight excluding hydrogens is 369 g/mol. The number of likely N-dealkylation sites (tertiary alicyclic amines) is 1. The number of carbonyl (C=O) groups excluding carboxylic acids is 2. The molecule has 1 aromatic rings. The summed E-state index contributed by atoms with van der Waals surface area (Å²) in [5.41, 5.74) is 1.19. The highest BCUT2D eigenvalue weighted by Crippen LogP contribution is 2.36. The number of ether oxygens (including phenoxy) is 1. The molecule has 2 heterocycles. The Labute approximate surface area is 173 Å². The summed E-state index contributed by atoms with van der Waals surface area (Å²) in [7, 11) is -1.09. The molecule has 2 aliphatic rings. The van der Waals surface area contributed by atoms with E-state index < -0.39 is 13.1 Å². The van der Waals surface area contributed by atoms with Gasteiger partial charge in [0.1, 0.15) is 23.7 Å². The molecule has 7 heteroatoms. The van der Waals surface area contributed by atoms with Gasteiger partial charge in [0, 0.05) is 25.2 Å². The third-order valence-corrected chi connectivity index (χ3v) is 5.83. The van der Waals surface area contributed by atoms with Crippen LogP contribution in [-0.4, -0.2) is 55.0 Å². The molecule has 0 aromatic heterocycles. The molecule has 0 bridgehead atoms. The summed E-state index contributed by atoms with van der Waals surface area (Å²) in [5.74, 6) is -0.169. The zero-order valence-electron chi connectivity index (χ0n) is 17.4. The number of esters is 1. The number of ketones is 1. The highest BCUT2D eigenvalue weighted by molar-refractivity contribution is 6.47. The molecule has 1 aromatic carbocycles. The molecule has 0 unspecified atom stereocenters. The lowest BCUT2D eigenvalue weighted by Crippen LogP contribution is -2.36. The molecule has 0 saturated carbocycles.